The highest BCUT2D eigenvalue weighted by Gasteiger charge is 2.28. The lowest BCUT2D eigenvalue weighted by molar-refractivity contribution is -0.130. The first-order valence-electron chi connectivity index (χ1n) is 17.9. The molecule has 0 aliphatic rings. The second-order valence-corrected chi connectivity index (χ2v) is 16.3. The molecule has 0 bridgehead atoms. The zero-order chi connectivity index (χ0) is 41.6. The molecule has 4 amide bonds. The number of hydrogen-bond donors (Lipinski definition) is 5. The average Bonchev–Trinajstić information content (AvgIpc) is 3.14. The first-order chi connectivity index (χ1) is 25.7. The van der Waals surface area contributed by atoms with Gasteiger partial charge >= 0.3 is 10.2 Å². The second-order valence-electron chi connectivity index (χ2n) is 13.6. The molecule has 0 heterocycles. The van der Waals surface area contributed by atoms with E-state index in [0.717, 1.165) is 19.7 Å². The summed E-state index contributed by atoms with van der Waals surface area (Å²) in [5, 5.41) is 14.9. The number of carbonyl (C=O) groups is 4. The lowest BCUT2D eigenvalue weighted by Crippen LogP contribution is -2.55. The minimum atomic E-state index is -4.01. The van der Waals surface area contributed by atoms with E-state index in [0.29, 0.717) is 17.2 Å². The molecule has 0 aromatic heterocycles. The summed E-state index contributed by atoms with van der Waals surface area (Å²) in [5.41, 5.74) is 2.18. The van der Waals surface area contributed by atoms with Gasteiger partial charge in [0.2, 0.25) is 11.8 Å². The van der Waals surface area contributed by atoms with E-state index in [4.69, 9.17) is 11.6 Å². The number of halogens is 1. The molecule has 0 radical (unpaired) electrons. The first kappa shape index (κ1) is 46.4. The van der Waals surface area contributed by atoms with Crippen LogP contribution in [0.3, 0.4) is 0 Å². The van der Waals surface area contributed by atoms with E-state index in [9.17, 15) is 27.6 Å². The molecule has 0 aliphatic heterocycles. The molecule has 0 saturated carbocycles. The van der Waals surface area contributed by atoms with Crippen molar-refractivity contribution < 1.29 is 27.6 Å². The molecule has 5 N–H and O–H groups in total. The van der Waals surface area contributed by atoms with Gasteiger partial charge in [0.05, 0.1) is 17.8 Å². The van der Waals surface area contributed by atoms with Gasteiger partial charge < -0.3 is 26.6 Å². The van der Waals surface area contributed by atoms with Gasteiger partial charge in [-0.2, -0.15) is 12.7 Å². The van der Waals surface area contributed by atoms with Gasteiger partial charge in [-0.25, -0.2) is 0 Å². The lowest BCUT2D eigenvalue weighted by Gasteiger charge is -2.27. The molecule has 0 spiro atoms. The summed E-state index contributed by atoms with van der Waals surface area (Å²) in [7, 11) is 0.0628. The summed E-state index contributed by atoms with van der Waals surface area (Å²) < 4.78 is 28.3. The van der Waals surface area contributed by atoms with E-state index in [2.05, 4.69) is 39.7 Å². The zero-order valence-electron chi connectivity index (χ0n) is 33.2. The van der Waals surface area contributed by atoms with Crippen molar-refractivity contribution in [2.24, 2.45) is 5.92 Å². The van der Waals surface area contributed by atoms with Crippen LogP contribution in [0.25, 0.3) is 5.57 Å². The van der Waals surface area contributed by atoms with Crippen molar-refractivity contribution in [2.45, 2.75) is 65.7 Å². The maximum absolute atomic E-state index is 14.1. The predicted octanol–water partition coefficient (Wildman–Crippen LogP) is 4.37. The van der Waals surface area contributed by atoms with Gasteiger partial charge in [0, 0.05) is 56.4 Å². The van der Waals surface area contributed by atoms with Crippen LogP contribution in [0, 0.1) is 5.92 Å². The van der Waals surface area contributed by atoms with Crippen LogP contribution in [0.2, 0.25) is 0 Å². The van der Waals surface area contributed by atoms with E-state index < -0.39 is 52.1 Å². The Hall–Kier alpha value is -4.76. The molecule has 4 atom stereocenters. The van der Waals surface area contributed by atoms with E-state index >= 15 is 0 Å². The van der Waals surface area contributed by atoms with Crippen molar-refractivity contribution in [3.05, 3.63) is 107 Å². The molecule has 0 saturated heterocycles. The fraction of sp³-hybridized carbons (Fsp3) is 0.400. The van der Waals surface area contributed by atoms with Crippen LogP contribution < -0.4 is 30.9 Å². The Morgan fingerprint density at radius 2 is 1.42 bits per heavy atom. The highest BCUT2D eigenvalue weighted by atomic mass is 35.5. The second kappa shape index (κ2) is 21.4. The minimum absolute atomic E-state index is 0.00490. The summed E-state index contributed by atoms with van der Waals surface area (Å²) >= 11 is 5.81. The van der Waals surface area contributed by atoms with Gasteiger partial charge in [-0.1, -0.05) is 86.7 Å². The summed E-state index contributed by atoms with van der Waals surface area (Å²) in [5.74, 6) is -2.03. The largest absolute Gasteiger partial charge is 0.355 e. The van der Waals surface area contributed by atoms with Gasteiger partial charge in [0.1, 0.15) is 6.04 Å². The summed E-state index contributed by atoms with van der Waals surface area (Å²) in [6.45, 7) is 19.1. The Kier molecular flexibility index (Phi) is 18.0. The number of carbonyl (C=O) groups excluding carboxylic acids is 4. The lowest BCUT2D eigenvalue weighted by atomic mass is 9.99. The monoisotopic (exact) mass is 797 g/mol. The quantitative estimate of drug-likeness (QED) is 0.124. The van der Waals surface area contributed by atoms with Crippen LogP contribution in [-0.4, -0.2) is 94.8 Å². The number of nitrogens with zero attached hydrogens (tertiary/aromatic N) is 2. The third-order valence-corrected chi connectivity index (χ3v) is 10.7. The average molecular weight is 798 g/mol. The standard InChI is InChI=1S/C40H56ClN7O6S/c1-12-42-40(52)36(25(2)3)46-37(49)30(8)43-24-35(28(6)31-19-14-13-15-20-31)45-39(51)33-21-32(22-34(23-33)48(11)55(53,54)47(9)10)38(50)44-29(7)26(4)17-16-18-27(5)41/h13-23,25,29-30,35-36,43H,5-6,12,24H2,1-4,7-11H3,(H,42,52)(H,44,50)(H,45,51)(H,46,49)/b18-16-,26-17+/t29-,30+,35-,36+/m1/s1. The van der Waals surface area contributed by atoms with Gasteiger partial charge in [-0.15, -0.1) is 0 Å². The highest BCUT2D eigenvalue weighted by Crippen LogP contribution is 2.24. The van der Waals surface area contributed by atoms with Crippen LogP contribution >= 0.6 is 11.6 Å². The fourth-order valence-corrected chi connectivity index (χ4v) is 6.05. The van der Waals surface area contributed by atoms with Gasteiger partial charge in [-0.05, 0) is 69.0 Å². The molecule has 13 nitrogen and oxygen atoms in total. The van der Waals surface area contributed by atoms with Crippen molar-refractivity contribution in [2.75, 3.05) is 38.5 Å². The molecular formula is C40H56ClN7O6S. The zero-order valence-corrected chi connectivity index (χ0v) is 34.8. The van der Waals surface area contributed by atoms with Crippen LogP contribution in [0.5, 0.6) is 0 Å². The topological polar surface area (TPSA) is 169 Å². The van der Waals surface area contributed by atoms with Crippen molar-refractivity contribution in [1.82, 2.24) is 30.9 Å². The maximum atomic E-state index is 14.1. The third kappa shape index (κ3) is 13.8. The van der Waals surface area contributed by atoms with Crippen LogP contribution in [-0.2, 0) is 19.8 Å². The Morgan fingerprint density at radius 3 is 1.95 bits per heavy atom. The summed E-state index contributed by atoms with van der Waals surface area (Å²) in [6, 6.07) is 10.6. The Bertz CT molecular complexity index is 1880. The van der Waals surface area contributed by atoms with E-state index in [1.165, 1.54) is 39.3 Å². The SMILES string of the molecule is C=C(Cl)/C=C\C=C(/C)[C@@H](C)NC(=O)c1cc(C(=O)N[C@H](CN[C@@H](C)C(=O)N[C@H](C(=O)NCC)C(C)C)C(=C)c2ccccc2)cc(N(C)S(=O)(=O)N(C)C)c1. The third-order valence-electron chi connectivity index (χ3n) is 8.77. The van der Waals surface area contributed by atoms with E-state index in [1.54, 1.807) is 39.0 Å². The molecule has 0 fully saturated rings. The van der Waals surface area contributed by atoms with Crippen molar-refractivity contribution in [1.29, 1.82) is 0 Å². The summed E-state index contributed by atoms with van der Waals surface area (Å²) in [4.78, 5) is 53.6. The molecule has 15 heteroatoms. The number of likely N-dealkylation sites (N-methyl/N-ethyl adjacent to an activating group) is 1. The molecule has 0 unspecified atom stereocenters. The van der Waals surface area contributed by atoms with E-state index in [1.807, 2.05) is 51.1 Å². The molecule has 2 aromatic rings. The van der Waals surface area contributed by atoms with E-state index in [-0.39, 0.29) is 35.2 Å². The van der Waals surface area contributed by atoms with Gasteiger partial charge in [0.25, 0.3) is 11.8 Å². The highest BCUT2D eigenvalue weighted by molar-refractivity contribution is 7.90. The Balaban J connectivity index is 2.51. The number of allylic oxidation sites excluding steroid dienone is 4. The number of hydrogen-bond acceptors (Lipinski definition) is 7. The minimum Gasteiger partial charge on any atom is -0.355 e. The summed E-state index contributed by atoms with van der Waals surface area (Å²) in [6.07, 6.45) is 5.08. The fourth-order valence-electron chi connectivity index (χ4n) is 5.12. The normalized spacial score (nSPS) is 14.1. The Labute approximate surface area is 331 Å². The van der Waals surface area contributed by atoms with Crippen LogP contribution in [0.4, 0.5) is 5.69 Å². The maximum Gasteiger partial charge on any atom is 0.303 e. The number of anilines is 1. The smallest absolute Gasteiger partial charge is 0.303 e. The molecule has 2 rings (SSSR count). The predicted molar refractivity (Wildman–Crippen MR) is 222 cm³/mol. The first-order valence-corrected chi connectivity index (χ1v) is 19.7. The van der Waals surface area contributed by atoms with Gasteiger partial charge in [0.15, 0.2) is 0 Å². The molecule has 2 aromatic carbocycles. The van der Waals surface area contributed by atoms with Crippen molar-refractivity contribution in [3.8, 4) is 0 Å². The molecule has 300 valence electrons. The van der Waals surface area contributed by atoms with Crippen molar-refractivity contribution in [3.63, 3.8) is 0 Å². The number of amides is 4. The Morgan fingerprint density at radius 1 is 0.836 bits per heavy atom. The molecular weight excluding hydrogens is 742 g/mol. The van der Waals surface area contributed by atoms with Gasteiger partial charge in [-0.3, -0.25) is 23.5 Å². The molecule has 55 heavy (non-hydrogen) atoms. The number of benzene rings is 2. The van der Waals surface area contributed by atoms with Crippen molar-refractivity contribution >= 4 is 56.7 Å². The van der Waals surface area contributed by atoms with Crippen LogP contribution in [0.15, 0.2) is 90.5 Å². The molecule has 0 aliphatic carbocycles. The van der Waals surface area contributed by atoms with Crippen LogP contribution in [0.1, 0.15) is 67.8 Å². The number of nitrogens with one attached hydrogen (secondary N) is 5. The number of rotatable bonds is 20.